The molecule has 1 aromatic heterocycles. The number of fused-ring (bicyclic) bond motifs is 1. The second-order valence-electron chi connectivity index (χ2n) is 5.64. The molecule has 0 saturated heterocycles. The smallest absolute Gasteiger partial charge is 0.355 e. The first-order chi connectivity index (χ1) is 11.0. The van der Waals surface area contributed by atoms with Crippen LogP contribution >= 0.6 is 0 Å². The minimum absolute atomic E-state index is 0.0118. The fraction of sp³-hybridized carbons (Fsp3) is 0.400. The van der Waals surface area contributed by atoms with Crippen LogP contribution in [0.3, 0.4) is 0 Å². The standard InChI is InChI=1S/C15H17FN4O3/c1-8(2)20-14(21)18-13(19-15(20)22)17-7-10-6-12-9(3-4-23-12)5-11(10)16/h5-6,8H,3-4,7H2,1-2H3,(H2,17,18,19,21,22). The van der Waals surface area contributed by atoms with Crippen molar-refractivity contribution in [2.45, 2.75) is 32.9 Å². The third-order valence-electron chi connectivity index (χ3n) is 3.68. The summed E-state index contributed by atoms with van der Waals surface area (Å²) in [6.07, 6.45) is 0.697. The second-order valence-corrected chi connectivity index (χ2v) is 5.64. The first kappa shape index (κ1) is 15.3. The van der Waals surface area contributed by atoms with E-state index in [0.29, 0.717) is 24.3 Å². The first-order valence-corrected chi connectivity index (χ1v) is 7.36. The van der Waals surface area contributed by atoms with Crippen molar-refractivity contribution in [2.75, 3.05) is 11.9 Å². The van der Waals surface area contributed by atoms with Gasteiger partial charge in [-0.2, -0.15) is 4.98 Å². The third kappa shape index (κ3) is 2.96. The highest BCUT2D eigenvalue weighted by molar-refractivity contribution is 5.42. The van der Waals surface area contributed by atoms with E-state index >= 15 is 0 Å². The van der Waals surface area contributed by atoms with Crippen molar-refractivity contribution in [3.8, 4) is 5.75 Å². The molecule has 7 nitrogen and oxygen atoms in total. The predicted octanol–water partition coefficient (Wildman–Crippen LogP) is 1.20. The van der Waals surface area contributed by atoms with Gasteiger partial charge in [0.25, 0.3) is 0 Å². The van der Waals surface area contributed by atoms with Crippen molar-refractivity contribution < 1.29 is 9.13 Å². The Morgan fingerprint density at radius 3 is 2.91 bits per heavy atom. The number of hydrogen-bond acceptors (Lipinski definition) is 5. The van der Waals surface area contributed by atoms with Crippen LogP contribution in [0.4, 0.5) is 10.3 Å². The molecule has 1 aliphatic rings. The van der Waals surface area contributed by atoms with Gasteiger partial charge in [0.2, 0.25) is 5.95 Å². The van der Waals surface area contributed by atoms with Crippen LogP contribution in [0.25, 0.3) is 0 Å². The Hall–Kier alpha value is -2.64. The van der Waals surface area contributed by atoms with E-state index < -0.39 is 11.4 Å². The summed E-state index contributed by atoms with van der Waals surface area (Å²) in [5, 5.41) is 2.77. The summed E-state index contributed by atoms with van der Waals surface area (Å²) >= 11 is 0. The van der Waals surface area contributed by atoms with Gasteiger partial charge in [-0.1, -0.05) is 0 Å². The van der Waals surface area contributed by atoms with Gasteiger partial charge >= 0.3 is 11.4 Å². The molecule has 2 aromatic rings. The van der Waals surface area contributed by atoms with Crippen molar-refractivity contribution in [3.63, 3.8) is 0 Å². The van der Waals surface area contributed by atoms with Crippen LogP contribution < -0.4 is 21.4 Å². The Morgan fingerprint density at radius 1 is 1.43 bits per heavy atom. The SMILES string of the molecule is CC(C)n1c(=O)nc(NCc2cc3c(cc2F)CCO3)[nH]c1=O. The number of benzene rings is 1. The zero-order chi connectivity index (χ0) is 16.6. The van der Waals surface area contributed by atoms with Gasteiger partial charge in [0, 0.05) is 30.1 Å². The van der Waals surface area contributed by atoms with Gasteiger partial charge in [-0.25, -0.2) is 18.5 Å². The third-order valence-corrected chi connectivity index (χ3v) is 3.68. The van der Waals surface area contributed by atoms with Crippen LogP contribution in [-0.2, 0) is 13.0 Å². The zero-order valence-corrected chi connectivity index (χ0v) is 12.9. The summed E-state index contributed by atoms with van der Waals surface area (Å²) in [4.78, 5) is 29.9. The molecule has 2 heterocycles. The lowest BCUT2D eigenvalue weighted by molar-refractivity contribution is 0.356. The fourth-order valence-corrected chi connectivity index (χ4v) is 2.52. The lowest BCUT2D eigenvalue weighted by Gasteiger charge is -2.10. The number of halogens is 1. The Labute approximate surface area is 131 Å². The molecule has 0 spiro atoms. The van der Waals surface area contributed by atoms with E-state index in [1.807, 2.05) is 0 Å². The highest BCUT2D eigenvalue weighted by Crippen LogP contribution is 2.28. The molecule has 1 aromatic carbocycles. The van der Waals surface area contributed by atoms with Gasteiger partial charge in [-0.05, 0) is 26.0 Å². The summed E-state index contributed by atoms with van der Waals surface area (Å²) < 4.78 is 20.4. The number of ether oxygens (including phenoxy) is 1. The van der Waals surface area contributed by atoms with Gasteiger partial charge in [0.1, 0.15) is 11.6 Å². The average molecular weight is 320 g/mol. The summed E-state index contributed by atoms with van der Waals surface area (Å²) in [6, 6.07) is 2.78. The number of aromatic nitrogens is 3. The largest absolute Gasteiger partial charge is 0.493 e. The number of hydrogen-bond donors (Lipinski definition) is 2. The molecular weight excluding hydrogens is 303 g/mol. The van der Waals surface area contributed by atoms with Crippen molar-refractivity contribution in [2.24, 2.45) is 0 Å². The monoisotopic (exact) mass is 320 g/mol. The fourth-order valence-electron chi connectivity index (χ4n) is 2.52. The van der Waals surface area contributed by atoms with E-state index in [1.54, 1.807) is 19.9 Å². The van der Waals surface area contributed by atoms with E-state index in [9.17, 15) is 14.0 Å². The number of nitrogens with one attached hydrogen (secondary N) is 2. The van der Waals surface area contributed by atoms with Crippen LogP contribution in [0.2, 0.25) is 0 Å². The first-order valence-electron chi connectivity index (χ1n) is 7.36. The Bertz CT molecular complexity index is 826. The number of anilines is 1. The van der Waals surface area contributed by atoms with Crippen molar-refractivity contribution in [1.29, 1.82) is 0 Å². The maximum absolute atomic E-state index is 14.0. The summed E-state index contributed by atoms with van der Waals surface area (Å²) in [5.74, 6) is 0.317. The van der Waals surface area contributed by atoms with Gasteiger partial charge in [-0.15, -0.1) is 0 Å². The molecule has 0 unspecified atom stereocenters. The zero-order valence-electron chi connectivity index (χ0n) is 12.9. The molecule has 0 atom stereocenters. The molecule has 3 rings (SSSR count). The molecule has 23 heavy (non-hydrogen) atoms. The lowest BCUT2D eigenvalue weighted by Crippen LogP contribution is -2.38. The molecule has 0 saturated carbocycles. The molecule has 0 bridgehead atoms. The number of H-pyrrole nitrogens is 1. The molecule has 122 valence electrons. The van der Waals surface area contributed by atoms with Crippen molar-refractivity contribution >= 4 is 5.95 Å². The molecule has 2 N–H and O–H groups in total. The van der Waals surface area contributed by atoms with Gasteiger partial charge in [0.15, 0.2) is 0 Å². The number of nitrogens with zero attached hydrogens (tertiary/aromatic N) is 2. The molecule has 8 heteroatoms. The van der Waals surface area contributed by atoms with E-state index in [0.717, 1.165) is 10.1 Å². The minimum Gasteiger partial charge on any atom is -0.493 e. The Kier molecular flexibility index (Phi) is 3.89. The van der Waals surface area contributed by atoms with Gasteiger partial charge in [0.05, 0.1) is 6.61 Å². The Balaban J connectivity index is 1.82. The molecule has 0 fully saturated rings. The highest BCUT2D eigenvalue weighted by atomic mass is 19.1. The van der Waals surface area contributed by atoms with Crippen molar-refractivity contribution in [1.82, 2.24) is 14.5 Å². The van der Waals surface area contributed by atoms with Crippen LogP contribution in [0.15, 0.2) is 21.7 Å². The molecule has 0 radical (unpaired) electrons. The molecule has 0 amide bonds. The molecule has 0 aliphatic carbocycles. The average Bonchev–Trinajstić information content (AvgIpc) is 2.90. The maximum atomic E-state index is 14.0. The summed E-state index contributed by atoms with van der Waals surface area (Å²) in [6.45, 7) is 4.06. The van der Waals surface area contributed by atoms with Crippen LogP contribution in [0, 0.1) is 5.82 Å². The molecule has 1 aliphatic heterocycles. The lowest BCUT2D eigenvalue weighted by atomic mass is 10.1. The summed E-state index contributed by atoms with van der Waals surface area (Å²) in [5.41, 5.74) is 0.0166. The Morgan fingerprint density at radius 2 is 2.22 bits per heavy atom. The van der Waals surface area contributed by atoms with Crippen LogP contribution in [0.5, 0.6) is 5.75 Å². The topological polar surface area (TPSA) is 89.0 Å². The minimum atomic E-state index is -0.649. The second kappa shape index (κ2) is 5.86. The highest BCUT2D eigenvalue weighted by Gasteiger charge is 2.16. The van der Waals surface area contributed by atoms with Crippen LogP contribution in [0.1, 0.15) is 31.0 Å². The van der Waals surface area contributed by atoms with Gasteiger partial charge < -0.3 is 10.1 Å². The normalized spacial score (nSPS) is 13.0. The quantitative estimate of drug-likeness (QED) is 0.883. The van der Waals surface area contributed by atoms with E-state index in [2.05, 4.69) is 15.3 Å². The molecular formula is C15H17FN4O3. The number of rotatable bonds is 4. The van der Waals surface area contributed by atoms with E-state index in [1.165, 1.54) is 6.07 Å². The predicted molar refractivity (Wildman–Crippen MR) is 82.4 cm³/mol. The van der Waals surface area contributed by atoms with E-state index in [4.69, 9.17) is 4.74 Å². The summed E-state index contributed by atoms with van der Waals surface area (Å²) in [7, 11) is 0. The van der Waals surface area contributed by atoms with Crippen LogP contribution in [-0.4, -0.2) is 21.1 Å². The van der Waals surface area contributed by atoms with E-state index in [-0.39, 0.29) is 24.4 Å². The maximum Gasteiger partial charge on any atom is 0.355 e. The van der Waals surface area contributed by atoms with Crippen molar-refractivity contribution in [3.05, 3.63) is 50.0 Å². The van der Waals surface area contributed by atoms with Gasteiger partial charge in [-0.3, -0.25) is 4.98 Å². The number of aromatic amines is 1.